The van der Waals surface area contributed by atoms with Crippen LogP contribution in [0.5, 0.6) is 17.2 Å². The Hall–Kier alpha value is -1.46. The maximum atomic E-state index is 13.3. The topological polar surface area (TPSA) is 44.8 Å². The van der Waals surface area contributed by atoms with E-state index >= 15 is 0 Å². The number of rotatable bonds is 9. The molecule has 0 radical (unpaired) electrons. The van der Waals surface area contributed by atoms with Crippen LogP contribution in [-0.4, -0.2) is 25.3 Å². The third kappa shape index (κ3) is 6.02. The Morgan fingerprint density at radius 2 is 1.34 bits per heavy atom. The van der Waals surface area contributed by atoms with Crippen molar-refractivity contribution in [3.8, 4) is 17.2 Å². The molecule has 2 rings (SSSR count). The van der Waals surface area contributed by atoms with Crippen molar-refractivity contribution >= 4 is 19.4 Å². The summed E-state index contributed by atoms with van der Waals surface area (Å²) in [6.07, 6.45) is 0. The van der Waals surface area contributed by atoms with Crippen LogP contribution in [0.4, 0.5) is 0 Å². The average Bonchev–Trinajstić information content (AvgIpc) is 2.63. The minimum atomic E-state index is -0.0871. The first-order chi connectivity index (χ1) is 13.3. The molecule has 0 saturated carbocycles. The minimum Gasteiger partial charge on any atom is -1.00 e. The number of aryl methyl sites for hydroxylation is 2. The molecule has 0 aliphatic carbocycles. The van der Waals surface area contributed by atoms with Crippen LogP contribution in [0, 0.1) is 27.7 Å². The van der Waals surface area contributed by atoms with Crippen LogP contribution in [0.25, 0.3) is 0 Å². The van der Waals surface area contributed by atoms with Gasteiger partial charge >= 0.3 is 18.9 Å². The summed E-state index contributed by atoms with van der Waals surface area (Å²) in [5, 5.41) is 0.800. The fourth-order valence-corrected chi connectivity index (χ4v) is 4.56. The fraction of sp³-hybridized carbons (Fsp3) is 0.435. The maximum Gasteiger partial charge on any atom is 1.00 e. The number of carbonyl (C=O) groups excluding carboxylic acids is 1. The van der Waals surface area contributed by atoms with Crippen LogP contribution < -0.4 is 38.4 Å². The SMILES string of the molecule is CCOc1cc(OCC)c(PC(=O)c2c(C)cc(C)c(C)c2C)c(OCC)c1.[H-].[Li+]. The Kier molecular flexibility index (Phi) is 10.3. The molecule has 1 atom stereocenters. The van der Waals surface area contributed by atoms with Gasteiger partial charge in [-0.3, -0.25) is 4.79 Å². The third-order valence-corrected chi connectivity index (χ3v) is 5.99. The van der Waals surface area contributed by atoms with Gasteiger partial charge in [0.15, 0.2) is 5.52 Å². The van der Waals surface area contributed by atoms with Gasteiger partial charge in [-0.1, -0.05) is 6.07 Å². The Morgan fingerprint density at radius 1 is 0.828 bits per heavy atom. The molecule has 6 heteroatoms. The standard InChI is InChI=1S/C23H31O4P.Li.H/c1-8-25-18-12-19(26-9-2)22(20(13-18)27-10-3)28-23(24)21-15(5)11-14(4)16(6)17(21)7;;/h11-13,28H,8-10H2,1-7H3;;/q;+1;-1. The molecule has 29 heavy (non-hydrogen) atoms. The number of hydrogen-bond donors (Lipinski definition) is 0. The third-order valence-electron chi connectivity index (χ3n) is 4.77. The smallest absolute Gasteiger partial charge is 1.00 e. The summed E-state index contributed by atoms with van der Waals surface area (Å²) in [6.45, 7) is 15.5. The molecule has 0 N–H and O–H groups in total. The van der Waals surface area contributed by atoms with Crippen LogP contribution in [-0.2, 0) is 0 Å². The Morgan fingerprint density at radius 3 is 1.83 bits per heavy atom. The summed E-state index contributed by atoms with van der Waals surface area (Å²) in [5.74, 6) is 2.00. The van der Waals surface area contributed by atoms with Gasteiger partial charge in [0.25, 0.3) is 0 Å². The second-order valence-corrected chi connectivity index (χ2v) is 7.89. The normalized spacial score (nSPS) is 10.7. The molecule has 0 amide bonds. The summed E-state index contributed by atoms with van der Waals surface area (Å²) in [5.41, 5.74) is 5.35. The van der Waals surface area contributed by atoms with Crippen molar-refractivity contribution in [3.63, 3.8) is 0 Å². The second-order valence-electron chi connectivity index (χ2n) is 6.68. The first-order valence-corrected chi connectivity index (χ1v) is 10.8. The van der Waals surface area contributed by atoms with E-state index in [-0.39, 0.29) is 34.4 Å². The van der Waals surface area contributed by atoms with E-state index in [9.17, 15) is 4.79 Å². The summed E-state index contributed by atoms with van der Waals surface area (Å²) in [6, 6.07) is 5.79. The van der Waals surface area contributed by atoms with Gasteiger partial charge < -0.3 is 15.6 Å². The van der Waals surface area contributed by atoms with Gasteiger partial charge in [-0.15, -0.1) is 0 Å². The van der Waals surface area contributed by atoms with Gasteiger partial charge in [0, 0.05) is 17.7 Å². The Labute approximate surface area is 190 Å². The molecule has 0 bridgehead atoms. The minimum absolute atomic E-state index is 0. The van der Waals surface area contributed by atoms with Crippen molar-refractivity contribution in [2.24, 2.45) is 0 Å². The van der Waals surface area contributed by atoms with E-state index in [0.29, 0.717) is 37.1 Å². The molecule has 0 spiro atoms. The van der Waals surface area contributed by atoms with Gasteiger partial charge in [-0.05, 0) is 79.3 Å². The molecule has 0 fully saturated rings. The zero-order valence-electron chi connectivity index (χ0n) is 20.0. The van der Waals surface area contributed by atoms with E-state index in [4.69, 9.17) is 14.2 Å². The zero-order chi connectivity index (χ0) is 20.8. The maximum absolute atomic E-state index is 13.3. The summed E-state index contributed by atoms with van der Waals surface area (Å²) in [7, 11) is -0.0871. The molecule has 0 aliphatic heterocycles. The first-order valence-electron chi connectivity index (χ1n) is 9.79. The predicted octanol–water partition coefficient (Wildman–Crippen LogP) is 2.38. The van der Waals surface area contributed by atoms with E-state index in [2.05, 4.69) is 19.9 Å². The van der Waals surface area contributed by atoms with Crippen LogP contribution in [0.2, 0.25) is 0 Å². The molecule has 0 aliphatic rings. The van der Waals surface area contributed by atoms with Crippen molar-refractivity contribution < 1.29 is 39.3 Å². The Bertz CT molecular complexity index is 844. The second kappa shape index (κ2) is 11.7. The van der Waals surface area contributed by atoms with Crippen molar-refractivity contribution in [2.75, 3.05) is 19.8 Å². The van der Waals surface area contributed by atoms with E-state index in [1.807, 2.05) is 46.8 Å². The molecule has 1 unspecified atom stereocenters. The van der Waals surface area contributed by atoms with Crippen molar-refractivity contribution in [3.05, 3.63) is 46.0 Å². The molecular weight excluding hydrogens is 378 g/mol. The fourth-order valence-electron chi connectivity index (χ4n) is 3.29. The van der Waals surface area contributed by atoms with Gasteiger partial charge in [0.1, 0.15) is 17.2 Å². The summed E-state index contributed by atoms with van der Waals surface area (Å²) in [4.78, 5) is 13.3. The largest absolute Gasteiger partial charge is 1.00 e. The van der Waals surface area contributed by atoms with Gasteiger partial charge in [0.2, 0.25) is 0 Å². The molecule has 0 saturated heterocycles. The average molecular weight is 410 g/mol. The number of ether oxygens (including phenoxy) is 3. The van der Waals surface area contributed by atoms with Gasteiger partial charge in [0.05, 0.1) is 25.1 Å². The first kappa shape index (κ1) is 25.6. The Balaban J connectivity index is 0.00000420. The van der Waals surface area contributed by atoms with Gasteiger partial charge in [-0.25, -0.2) is 0 Å². The van der Waals surface area contributed by atoms with Crippen LogP contribution >= 0.6 is 8.58 Å². The van der Waals surface area contributed by atoms with Crippen LogP contribution in [0.3, 0.4) is 0 Å². The summed E-state index contributed by atoms with van der Waals surface area (Å²) >= 11 is 0. The predicted molar refractivity (Wildman–Crippen MR) is 119 cm³/mol. The molecule has 0 aromatic heterocycles. The van der Waals surface area contributed by atoms with Crippen LogP contribution in [0.1, 0.15) is 54.8 Å². The molecule has 0 heterocycles. The molecule has 2 aromatic rings. The molecule has 4 nitrogen and oxygen atoms in total. The number of benzene rings is 2. The molecule has 2 aromatic carbocycles. The molecular formula is C23H32LiO4P. The number of hydrogen-bond acceptors (Lipinski definition) is 4. The quantitative estimate of drug-likeness (QED) is 0.470. The monoisotopic (exact) mass is 410 g/mol. The van der Waals surface area contributed by atoms with Crippen molar-refractivity contribution in [1.82, 2.24) is 0 Å². The zero-order valence-corrected chi connectivity index (χ0v) is 20.0. The number of carbonyl (C=O) groups is 1. The van der Waals surface area contributed by atoms with E-state index in [1.54, 1.807) is 0 Å². The summed E-state index contributed by atoms with van der Waals surface area (Å²) < 4.78 is 17.3. The van der Waals surface area contributed by atoms with Crippen LogP contribution in [0.15, 0.2) is 18.2 Å². The van der Waals surface area contributed by atoms with Gasteiger partial charge in [-0.2, -0.15) is 0 Å². The van der Waals surface area contributed by atoms with E-state index < -0.39 is 0 Å². The van der Waals surface area contributed by atoms with E-state index in [1.165, 1.54) is 11.1 Å². The van der Waals surface area contributed by atoms with Crippen molar-refractivity contribution in [1.29, 1.82) is 0 Å². The molecule has 154 valence electrons. The van der Waals surface area contributed by atoms with Crippen molar-refractivity contribution in [2.45, 2.75) is 48.5 Å². The van der Waals surface area contributed by atoms with E-state index in [0.717, 1.165) is 22.0 Å².